The highest BCUT2D eigenvalue weighted by molar-refractivity contribution is 7.13. The number of carbonyl (C=O) groups excluding carboxylic acids is 2. The molecule has 2 amide bonds. The molecule has 6 heteroatoms. The number of amides is 2. The second-order valence-electron chi connectivity index (χ2n) is 6.71. The Labute approximate surface area is 161 Å². The van der Waals surface area contributed by atoms with Crippen LogP contribution in [-0.2, 0) is 0 Å². The zero-order valence-corrected chi connectivity index (χ0v) is 15.8. The van der Waals surface area contributed by atoms with Crippen LogP contribution in [0.5, 0.6) is 5.75 Å². The molecular weight excluding hydrogens is 360 g/mol. The summed E-state index contributed by atoms with van der Waals surface area (Å²) in [5, 5.41) is 12.1. The summed E-state index contributed by atoms with van der Waals surface area (Å²) in [6.07, 6.45) is 0. The van der Waals surface area contributed by atoms with E-state index >= 15 is 0 Å². The van der Waals surface area contributed by atoms with Gasteiger partial charge in [0.05, 0.1) is 10.4 Å². The number of hydrogen-bond acceptors (Lipinski definition) is 4. The van der Waals surface area contributed by atoms with Crippen molar-refractivity contribution >= 4 is 33.9 Å². The molecule has 1 aliphatic rings. The summed E-state index contributed by atoms with van der Waals surface area (Å²) in [7, 11) is 0. The molecule has 5 nitrogen and oxygen atoms in total. The normalized spacial score (nSPS) is 14.6. The van der Waals surface area contributed by atoms with Crippen LogP contribution in [0.3, 0.4) is 0 Å². The number of fused-ring (bicyclic) bond motifs is 1. The lowest BCUT2D eigenvalue weighted by Gasteiger charge is -2.34. The largest absolute Gasteiger partial charge is 0.507 e. The fourth-order valence-corrected chi connectivity index (χ4v) is 4.22. The quantitative estimate of drug-likeness (QED) is 0.740. The van der Waals surface area contributed by atoms with Crippen molar-refractivity contribution in [2.24, 2.45) is 0 Å². The Bertz CT molecular complexity index is 1020. The lowest BCUT2D eigenvalue weighted by Crippen LogP contribution is -2.50. The third-order valence-corrected chi connectivity index (χ3v) is 5.89. The highest BCUT2D eigenvalue weighted by Gasteiger charge is 2.27. The fourth-order valence-electron chi connectivity index (χ4n) is 3.39. The number of nitrogens with zero attached hydrogens (tertiary/aromatic N) is 2. The van der Waals surface area contributed by atoms with Gasteiger partial charge < -0.3 is 14.9 Å². The second kappa shape index (κ2) is 7.04. The molecule has 0 saturated carbocycles. The maximum Gasteiger partial charge on any atom is 0.264 e. The van der Waals surface area contributed by atoms with Gasteiger partial charge in [-0.05, 0) is 42.0 Å². The molecule has 0 spiro atoms. The minimum atomic E-state index is -0.197. The van der Waals surface area contributed by atoms with Gasteiger partial charge in [0.2, 0.25) is 0 Å². The Kier molecular flexibility index (Phi) is 4.58. The molecule has 0 atom stereocenters. The highest BCUT2D eigenvalue weighted by atomic mass is 32.1. The van der Waals surface area contributed by atoms with Crippen molar-refractivity contribution in [2.75, 3.05) is 26.2 Å². The van der Waals surface area contributed by atoms with Gasteiger partial charge in [0.1, 0.15) is 5.75 Å². The summed E-state index contributed by atoms with van der Waals surface area (Å²) in [4.78, 5) is 30.8. The number of rotatable bonds is 2. The first-order valence-electron chi connectivity index (χ1n) is 8.89. The zero-order valence-electron chi connectivity index (χ0n) is 15.0. The third-order valence-electron chi connectivity index (χ3n) is 4.90. The van der Waals surface area contributed by atoms with Crippen molar-refractivity contribution in [3.63, 3.8) is 0 Å². The van der Waals surface area contributed by atoms with Gasteiger partial charge in [-0.2, -0.15) is 0 Å². The van der Waals surface area contributed by atoms with E-state index in [4.69, 9.17) is 0 Å². The first kappa shape index (κ1) is 17.5. The van der Waals surface area contributed by atoms with Crippen LogP contribution in [-0.4, -0.2) is 52.9 Å². The van der Waals surface area contributed by atoms with E-state index in [-0.39, 0.29) is 17.6 Å². The monoisotopic (exact) mass is 380 g/mol. The third kappa shape index (κ3) is 3.40. The lowest BCUT2D eigenvalue weighted by atomic mass is 10.0. The Morgan fingerprint density at radius 3 is 2.07 bits per heavy atom. The average molecular weight is 380 g/mol. The number of benzene rings is 2. The number of phenolic OH excluding ortho intramolecular Hbond substituents is 1. The van der Waals surface area contributed by atoms with Crippen molar-refractivity contribution in [2.45, 2.75) is 6.92 Å². The number of carbonyl (C=O) groups is 2. The summed E-state index contributed by atoms with van der Waals surface area (Å²) in [6.45, 7) is 3.89. The lowest BCUT2D eigenvalue weighted by molar-refractivity contribution is 0.0536. The summed E-state index contributed by atoms with van der Waals surface area (Å²) in [5.41, 5.74) is 0.308. The Hall–Kier alpha value is -2.86. The zero-order chi connectivity index (χ0) is 19.0. The number of hydrogen-bond donors (Lipinski definition) is 1. The molecule has 0 radical (unpaired) electrons. The van der Waals surface area contributed by atoms with Crippen LogP contribution in [0.1, 0.15) is 24.9 Å². The molecule has 1 saturated heterocycles. The van der Waals surface area contributed by atoms with Gasteiger partial charge in [-0.3, -0.25) is 9.59 Å². The summed E-state index contributed by atoms with van der Waals surface area (Å²) >= 11 is 1.49. The average Bonchev–Trinajstić information content (AvgIpc) is 3.13. The summed E-state index contributed by atoms with van der Waals surface area (Å²) < 4.78 is 0. The first-order chi connectivity index (χ1) is 13.0. The van der Waals surface area contributed by atoms with E-state index < -0.39 is 0 Å². The van der Waals surface area contributed by atoms with Crippen molar-refractivity contribution in [1.29, 1.82) is 0 Å². The summed E-state index contributed by atoms with van der Waals surface area (Å²) in [6, 6.07) is 14.8. The Morgan fingerprint density at radius 1 is 0.889 bits per heavy atom. The van der Waals surface area contributed by atoms with Crippen LogP contribution < -0.4 is 0 Å². The van der Waals surface area contributed by atoms with E-state index in [0.717, 1.165) is 20.5 Å². The minimum absolute atomic E-state index is 0.00809. The van der Waals surface area contributed by atoms with Gasteiger partial charge in [0, 0.05) is 31.1 Å². The van der Waals surface area contributed by atoms with Gasteiger partial charge in [-0.25, -0.2) is 0 Å². The van der Waals surface area contributed by atoms with E-state index in [0.29, 0.717) is 31.7 Å². The van der Waals surface area contributed by atoms with Gasteiger partial charge >= 0.3 is 0 Å². The van der Waals surface area contributed by atoms with Gasteiger partial charge in [-0.15, -0.1) is 11.3 Å². The van der Waals surface area contributed by atoms with Crippen LogP contribution in [0.2, 0.25) is 0 Å². The number of piperazine rings is 1. The standard InChI is InChI=1S/C21H20N2O3S/c1-14-6-7-19(27-14)21(26)23-10-8-22(9-11-23)20(25)17-12-15-4-2-3-5-16(15)13-18(17)24/h2-7,12-13,24H,8-11H2,1H3. The number of aryl methyl sites for hydroxylation is 1. The van der Waals surface area contributed by atoms with E-state index in [9.17, 15) is 14.7 Å². The van der Waals surface area contributed by atoms with E-state index in [2.05, 4.69) is 0 Å². The van der Waals surface area contributed by atoms with Crippen molar-refractivity contribution in [1.82, 2.24) is 9.80 Å². The first-order valence-corrected chi connectivity index (χ1v) is 9.71. The molecule has 1 aliphatic heterocycles. The Balaban J connectivity index is 1.47. The minimum Gasteiger partial charge on any atom is -0.507 e. The van der Waals surface area contributed by atoms with Crippen molar-refractivity contribution in [3.8, 4) is 5.75 Å². The molecular formula is C21H20N2O3S. The fraction of sp³-hybridized carbons (Fsp3) is 0.238. The van der Waals surface area contributed by atoms with Gasteiger partial charge in [-0.1, -0.05) is 24.3 Å². The molecule has 1 N–H and O–H groups in total. The molecule has 138 valence electrons. The topological polar surface area (TPSA) is 60.9 Å². The van der Waals surface area contributed by atoms with Crippen LogP contribution in [0.15, 0.2) is 48.5 Å². The molecule has 27 heavy (non-hydrogen) atoms. The molecule has 4 rings (SSSR count). The maximum absolute atomic E-state index is 12.9. The highest BCUT2D eigenvalue weighted by Crippen LogP contribution is 2.26. The van der Waals surface area contributed by atoms with Crippen LogP contribution in [0.25, 0.3) is 10.8 Å². The number of thiophene rings is 1. The van der Waals surface area contributed by atoms with E-state index in [1.807, 2.05) is 43.3 Å². The molecule has 2 heterocycles. The molecule has 0 bridgehead atoms. The number of phenols is 1. The van der Waals surface area contributed by atoms with E-state index in [1.54, 1.807) is 21.9 Å². The molecule has 0 aliphatic carbocycles. The molecule has 0 unspecified atom stereocenters. The molecule has 1 fully saturated rings. The van der Waals surface area contributed by atoms with Gasteiger partial charge in [0.25, 0.3) is 11.8 Å². The molecule has 2 aromatic carbocycles. The predicted molar refractivity (Wildman–Crippen MR) is 106 cm³/mol. The Morgan fingerprint density at radius 2 is 1.48 bits per heavy atom. The van der Waals surface area contributed by atoms with E-state index in [1.165, 1.54) is 11.3 Å². The second-order valence-corrected chi connectivity index (χ2v) is 8.00. The van der Waals surface area contributed by atoms with Crippen LogP contribution in [0, 0.1) is 6.92 Å². The SMILES string of the molecule is Cc1ccc(C(=O)N2CCN(C(=O)c3cc4ccccc4cc3O)CC2)s1. The summed E-state index contributed by atoms with van der Waals surface area (Å²) in [5.74, 6) is -0.183. The predicted octanol–water partition coefficient (Wildman–Crippen LogP) is 3.51. The smallest absolute Gasteiger partial charge is 0.264 e. The van der Waals surface area contributed by atoms with Crippen LogP contribution >= 0.6 is 11.3 Å². The maximum atomic E-state index is 12.9. The van der Waals surface area contributed by atoms with Gasteiger partial charge in [0.15, 0.2) is 0 Å². The van der Waals surface area contributed by atoms with Crippen molar-refractivity contribution in [3.05, 3.63) is 63.8 Å². The van der Waals surface area contributed by atoms with Crippen molar-refractivity contribution < 1.29 is 14.7 Å². The molecule has 1 aromatic heterocycles. The molecule has 3 aromatic rings. The number of aromatic hydroxyl groups is 1. The van der Waals surface area contributed by atoms with Crippen LogP contribution in [0.4, 0.5) is 0 Å².